The van der Waals surface area contributed by atoms with Crippen molar-refractivity contribution in [2.45, 2.75) is 32.7 Å². The molecule has 1 aliphatic heterocycles. The van der Waals surface area contributed by atoms with Crippen LogP contribution in [0.3, 0.4) is 0 Å². The zero-order chi connectivity index (χ0) is 18.1. The highest BCUT2D eigenvalue weighted by Gasteiger charge is 2.31. The van der Waals surface area contributed by atoms with E-state index in [1.807, 2.05) is 48.2 Å². The van der Waals surface area contributed by atoms with Gasteiger partial charge in [-0.05, 0) is 44.5 Å². The number of pyridine rings is 1. The topological polar surface area (TPSA) is 63.1 Å². The first kappa shape index (κ1) is 16.6. The van der Waals surface area contributed by atoms with Gasteiger partial charge in [0.2, 0.25) is 0 Å². The molecule has 1 aromatic carbocycles. The largest absolute Gasteiger partial charge is 0.324 e. The quantitative estimate of drug-likeness (QED) is 0.783. The van der Waals surface area contributed by atoms with Crippen molar-refractivity contribution >= 4 is 22.9 Å². The van der Waals surface area contributed by atoms with Gasteiger partial charge in [0.25, 0.3) is 0 Å². The predicted molar refractivity (Wildman–Crippen MR) is 102 cm³/mol. The second kappa shape index (κ2) is 6.78. The lowest BCUT2D eigenvalue weighted by molar-refractivity contribution is 0.222. The highest BCUT2D eigenvalue weighted by Crippen LogP contribution is 2.29. The van der Waals surface area contributed by atoms with E-state index in [1.54, 1.807) is 6.20 Å². The Morgan fingerprint density at radius 2 is 2.08 bits per heavy atom. The number of hydrogen-bond acceptors (Lipinski definition) is 3. The van der Waals surface area contributed by atoms with Crippen LogP contribution in [-0.4, -0.2) is 38.6 Å². The predicted octanol–water partition coefficient (Wildman–Crippen LogP) is 3.78. The van der Waals surface area contributed by atoms with Crippen molar-refractivity contribution in [1.29, 1.82) is 0 Å². The van der Waals surface area contributed by atoms with Gasteiger partial charge in [0.15, 0.2) is 5.65 Å². The molecular weight excluding hydrogens is 326 g/mol. The van der Waals surface area contributed by atoms with Crippen LogP contribution in [0.1, 0.15) is 30.7 Å². The molecule has 3 heterocycles. The first-order valence-electron chi connectivity index (χ1n) is 9.09. The van der Waals surface area contributed by atoms with E-state index in [0.29, 0.717) is 6.54 Å². The molecule has 0 radical (unpaired) electrons. The normalized spacial score (nSPS) is 17.0. The SMILES string of the molecule is CCn1c([C@H]2CCN(C(=O)Nc3ccc(C)cc3)C2)nc2cccnc21. The Balaban J connectivity index is 1.50. The van der Waals surface area contributed by atoms with Crippen LogP contribution in [0.15, 0.2) is 42.6 Å². The first-order chi connectivity index (χ1) is 12.7. The van der Waals surface area contributed by atoms with E-state index in [9.17, 15) is 4.79 Å². The van der Waals surface area contributed by atoms with Crippen LogP contribution in [0, 0.1) is 6.92 Å². The average molecular weight is 349 g/mol. The van der Waals surface area contributed by atoms with Gasteiger partial charge in [-0.3, -0.25) is 0 Å². The fourth-order valence-corrected chi connectivity index (χ4v) is 3.59. The molecule has 26 heavy (non-hydrogen) atoms. The second-order valence-electron chi connectivity index (χ2n) is 6.79. The van der Waals surface area contributed by atoms with Crippen molar-refractivity contribution in [1.82, 2.24) is 19.4 Å². The molecule has 2 aromatic heterocycles. The molecule has 3 aromatic rings. The summed E-state index contributed by atoms with van der Waals surface area (Å²) in [5, 5.41) is 2.99. The van der Waals surface area contributed by atoms with Crippen LogP contribution in [-0.2, 0) is 6.54 Å². The minimum absolute atomic E-state index is 0.0476. The van der Waals surface area contributed by atoms with Crippen molar-refractivity contribution in [3.05, 3.63) is 54.0 Å². The van der Waals surface area contributed by atoms with Crippen LogP contribution in [0.2, 0.25) is 0 Å². The molecule has 1 aliphatic rings. The molecule has 0 saturated carbocycles. The van der Waals surface area contributed by atoms with Crippen molar-refractivity contribution in [2.75, 3.05) is 18.4 Å². The number of imidazole rings is 1. The molecule has 4 rings (SSSR count). The van der Waals surface area contributed by atoms with Crippen LogP contribution in [0.5, 0.6) is 0 Å². The highest BCUT2D eigenvalue weighted by molar-refractivity contribution is 5.89. The molecule has 0 unspecified atom stereocenters. The number of fused-ring (bicyclic) bond motifs is 1. The molecule has 2 amide bonds. The van der Waals surface area contributed by atoms with Crippen molar-refractivity contribution < 1.29 is 4.79 Å². The first-order valence-corrected chi connectivity index (χ1v) is 9.09. The average Bonchev–Trinajstić information content (AvgIpc) is 3.27. The van der Waals surface area contributed by atoms with Gasteiger partial charge in [0, 0.05) is 37.4 Å². The second-order valence-corrected chi connectivity index (χ2v) is 6.79. The Kier molecular flexibility index (Phi) is 4.32. The number of carbonyl (C=O) groups excluding carboxylic acids is 1. The summed E-state index contributed by atoms with van der Waals surface area (Å²) in [7, 11) is 0. The fourth-order valence-electron chi connectivity index (χ4n) is 3.59. The molecular formula is C20H23N5O. The number of urea groups is 1. The van der Waals surface area contributed by atoms with E-state index in [4.69, 9.17) is 4.98 Å². The van der Waals surface area contributed by atoms with Crippen LogP contribution < -0.4 is 5.32 Å². The van der Waals surface area contributed by atoms with E-state index < -0.39 is 0 Å². The number of aryl methyl sites for hydroxylation is 2. The Labute approximate surface area is 152 Å². The molecule has 0 spiro atoms. The minimum atomic E-state index is -0.0476. The molecule has 134 valence electrons. The number of nitrogens with one attached hydrogen (secondary N) is 1. The summed E-state index contributed by atoms with van der Waals surface area (Å²) in [5.41, 5.74) is 3.85. The fraction of sp³-hybridized carbons (Fsp3) is 0.350. The zero-order valence-electron chi connectivity index (χ0n) is 15.1. The Bertz CT molecular complexity index is 931. The Hall–Kier alpha value is -2.89. The van der Waals surface area contributed by atoms with Gasteiger partial charge < -0.3 is 14.8 Å². The molecule has 0 bridgehead atoms. The number of nitrogens with zero attached hydrogens (tertiary/aromatic N) is 4. The molecule has 1 N–H and O–H groups in total. The van der Waals surface area contributed by atoms with E-state index in [1.165, 1.54) is 5.56 Å². The Morgan fingerprint density at radius 3 is 2.85 bits per heavy atom. The van der Waals surface area contributed by atoms with E-state index in [0.717, 1.165) is 42.2 Å². The van der Waals surface area contributed by atoms with Gasteiger partial charge in [-0.15, -0.1) is 0 Å². The van der Waals surface area contributed by atoms with E-state index >= 15 is 0 Å². The van der Waals surface area contributed by atoms with Gasteiger partial charge in [-0.25, -0.2) is 14.8 Å². The zero-order valence-corrected chi connectivity index (χ0v) is 15.1. The van der Waals surface area contributed by atoms with E-state index in [-0.39, 0.29) is 11.9 Å². The standard InChI is InChI=1S/C20H23N5O/c1-3-25-18(23-17-5-4-11-21-19(17)25)15-10-12-24(13-15)20(26)22-16-8-6-14(2)7-9-16/h4-9,11,15H,3,10,12-13H2,1-2H3,(H,22,26)/t15-/m0/s1. The van der Waals surface area contributed by atoms with Crippen molar-refractivity contribution in [3.63, 3.8) is 0 Å². The third kappa shape index (κ3) is 3.03. The smallest absolute Gasteiger partial charge is 0.321 e. The third-order valence-electron chi connectivity index (χ3n) is 4.99. The van der Waals surface area contributed by atoms with Crippen LogP contribution in [0.4, 0.5) is 10.5 Å². The van der Waals surface area contributed by atoms with Gasteiger partial charge in [0.1, 0.15) is 11.3 Å². The summed E-state index contributed by atoms with van der Waals surface area (Å²) in [6.07, 6.45) is 2.72. The monoisotopic (exact) mass is 349 g/mol. The lowest BCUT2D eigenvalue weighted by atomic mass is 10.1. The number of anilines is 1. The van der Waals surface area contributed by atoms with Crippen LogP contribution in [0.25, 0.3) is 11.2 Å². The number of amides is 2. The molecule has 1 atom stereocenters. The molecule has 0 aliphatic carbocycles. The maximum absolute atomic E-state index is 12.6. The minimum Gasteiger partial charge on any atom is -0.324 e. The van der Waals surface area contributed by atoms with E-state index in [2.05, 4.69) is 21.8 Å². The number of hydrogen-bond donors (Lipinski definition) is 1. The van der Waals surface area contributed by atoms with Gasteiger partial charge in [0.05, 0.1) is 0 Å². The maximum Gasteiger partial charge on any atom is 0.321 e. The number of carbonyl (C=O) groups is 1. The van der Waals surface area contributed by atoms with Crippen molar-refractivity contribution in [3.8, 4) is 0 Å². The molecule has 6 heteroatoms. The Morgan fingerprint density at radius 1 is 1.27 bits per heavy atom. The van der Waals surface area contributed by atoms with Crippen LogP contribution >= 0.6 is 0 Å². The van der Waals surface area contributed by atoms with Gasteiger partial charge in [-0.2, -0.15) is 0 Å². The van der Waals surface area contributed by atoms with Gasteiger partial charge in [-0.1, -0.05) is 17.7 Å². The highest BCUT2D eigenvalue weighted by atomic mass is 16.2. The molecule has 1 fully saturated rings. The summed E-state index contributed by atoms with van der Waals surface area (Å²) in [6.45, 7) is 6.39. The third-order valence-corrected chi connectivity index (χ3v) is 4.99. The number of likely N-dealkylation sites (tertiary alicyclic amines) is 1. The molecule has 1 saturated heterocycles. The summed E-state index contributed by atoms with van der Waals surface area (Å²) >= 11 is 0. The maximum atomic E-state index is 12.6. The summed E-state index contributed by atoms with van der Waals surface area (Å²) in [4.78, 5) is 23.7. The van der Waals surface area contributed by atoms with Crippen molar-refractivity contribution in [2.24, 2.45) is 0 Å². The number of benzene rings is 1. The number of rotatable bonds is 3. The summed E-state index contributed by atoms with van der Waals surface area (Å²) in [5.74, 6) is 1.28. The molecule has 6 nitrogen and oxygen atoms in total. The lowest BCUT2D eigenvalue weighted by Gasteiger charge is -2.18. The van der Waals surface area contributed by atoms with Gasteiger partial charge >= 0.3 is 6.03 Å². The number of aromatic nitrogens is 3. The summed E-state index contributed by atoms with van der Waals surface area (Å²) < 4.78 is 2.17. The lowest BCUT2D eigenvalue weighted by Crippen LogP contribution is -2.33. The summed E-state index contributed by atoms with van der Waals surface area (Å²) in [6, 6.07) is 11.7.